The Labute approximate surface area is 109 Å². The minimum Gasteiger partial charge on any atom is -0.444 e. The lowest BCUT2D eigenvalue weighted by Crippen LogP contribution is -2.52. The monoisotopic (exact) mass is 276 g/mol. The number of hydrogen-bond acceptors (Lipinski definition) is 4. The first kappa shape index (κ1) is 15.5. The fourth-order valence-corrected chi connectivity index (χ4v) is 3.49. The number of nitrogens with one attached hydrogen (secondary N) is 2. The maximum Gasteiger partial charge on any atom is 0.408 e. The molecule has 1 fully saturated rings. The first-order chi connectivity index (χ1) is 8.08. The quantitative estimate of drug-likeness (QED) is 0.759. The third-order valence-electron chi connectivity index (χ3n) is 2.95. The minimum absolute atomic E-state index is 0.146. The average molecular weight is 276 g/mol. The molecule has 2 unspecified atom stereocenters. The van der Waals surface area contributed by atoms with Gasteiger partial charge in [-0.2, -0.15) is 0 Å². The normalized spacial score (nSPS) is 25.6. The maximum atomic E-state index is 12.1. The van der Waals surface area contributed by atoms with Crippen LogP contribution in [0.4, 0.5) is 4.79 Å². The molecule has 0 spiro atoms. The van der Waals surface area contributed by atoms with Crippen LogP contribution in [0.5, 0.6) is 0 Å². The summed E-state index contributed by atoms with van der Waals surface area (Å²) in [5.74, 6) is 0. The molecule has 18 heavy (non-hydrogen) atoms. The summed E-state index contributed by atoms with van der Waals surface area (Å²) in [6.45, 7) is 9.89. The van der Waals surface area contributed by atoms with E-state index in [9.17, 15) is 9.36 Å². The lowest BCUT2D eigenvalue weighted by Gasteiger charge is -2.33. The molecule has 0 aromatic heterocycles. The lowest BCUT2D eigenvalue weighted by molar-refractivity contribution is 0.0486. The summed E-state index contributed by atoms with van der Waals surface area (Å²) in [5, 5.41) is 5.99. The summed E-state index contributed by atoms with van der Waals surface area (Å²) in [7, 11) is -2.09. The maximum absolute atomic E-state index is 12.1. The molecular formula is C12H25N2O3P. The molecule has 0 aromatic rings. The molecule has 5 nitrogen and oxygen atoms in total. The van der Waals surface area contributed by atoms with Crippen LogP contribution in [-0.4, -0.2) is 43.4 Å². The second-order valence-electron chi connectivity index (χ2n) is 6.27. The van der Waals surface area contributed by atoms with Crippen molar-refractivity contribution in [2.75, 3.05) is 19.9 Å². The Kier molecular flexibility index (Phi) is 4.84. The van der Waals surface area contributed by atoms with E-state index in [-0.39, 0.29) is 11.8 Å². The van der Waals surface area contributed by atoms with E-state index in [4.69, 9.17) is 4.74 Å². The van der Waals surface area contributed by atoms with Crippen LogP contribution >= 0.6 is 7.14 Å². The van der Waals surface area contributed by atoms with Crippen LogP contribution in [0.25, 0.3) is 0 Å². The van der Waals surface area contributed by atoms with Gasteiger partial charge >= 0.3 is 6.09 Å². The van der Waals surface area contributed by atoms with E-state index in [1.165, 1.54) is 0 Å². The molecule has 2 atom stereocenters. The number of amides is 1. The van der Waals surface area contributed by atoms with Gasteiger partial charge in [-0.15, -0.1) is 0 Å². The van der Waals surface area contributed by atoms with Crippen molar-refractivity contribution in [1.29, 1.82) is 0 Å². The molecule has 0 radical (unpaired) electrons. The van der Waals surface area contributed by atoms with E-state index in [0.29, 0.717) is 6.42 Å². The first-order valence-electron chi connectivity index (χ1n) is 6.35. The molecule has 1 aliphatic heterocycles. The van der Waals surface area contributed by atoms with E-state index >= 15 is 0 Å². The largest absolute Gasteiger partial charge is 0.444 e. The Morgan fingerprint density at radius 3 is 2.50 bits per heavy atom. The highest BCUT2D eigenvalue weighted by Gasteiger charge is 2.31. The van der Waals surface area contributed by atoms with Crippen molar-refractivity contribution in [2.45, 2.75) is 51.0 Å². The molecule has 1 saturated heterocycles. The Bertz CT molecular complexity index is 346. The van der Waals surface area contributed by atoms with Gasteiger partial charge in [0.2, 0.25) is 0 Å². The fraction of sp³-hybridized carbons (Fsp3) is 0.917. The third kappa shape index (κ3) is 5.40. The van der Waals surface area contributed by atoms with Gasteiger partial charge in [-0.1, -0.05) is 0 Å². The molecule has 1 rings (SSSR count). The minimum atomic E-state index is -2.09. The van der Waals surface area contributed by atoms with Crippen molar-refractivity contribution >= 4 is 13.2 Å². The molecule has 106 valence electrons. The van der Waals surface area contributed by atoms with Crippen molar-refractivity contribution < 1.29 is 14.1 Å². The first-order valence-corrected chi connectivity index (χ1v) is 9.02. The van der Waals surface area contributed by atoms with Crippen LogP contribution in [0.2, 0.25) is 0 Å². The van der Waals surface area contributed by atoms with Gasteiger partial charge in [-0.05, 0) is 53.5 Å². The molecule has 1 amide bonds. The Balaban J connectivity index is 2.48. The molecule has 1 aliphatic rings. The standard InChI is InChI=1S/C12H25N2O3P/c1-12(2,3)17-11(15)14-10-8-9(6-7-13-10)18(4,5)16/h9-10,13H,6-8H2,1-5H3,(H,14,15). The molecule has 0 saturated carbocycles. The molecule has 6 heteroatoms. The number of rotatable bonds is 2. The number of carbonyl (C=O) groups excluding carboxylic acids is 1. The molecule has 2 N–H and O–H groups in total. The zero-order valence-corrected chi connectivity index (χ0v) is 12.8. The summed E-state index contributed by atoms with van der Waals surface area (Å²) in [6, 6.07) is 0. The fourth-order valence-electron chi connectivity index (χ4n) is 2.02. The van der Waals surface area contributed by atoms with Crippen LogP contribution in [-0.2, 0) is 9.30 Å². The third-order valence-corrected chi connectivity index (χ3v) is 5.17. The lowest BCUT2D eigenvalue weighted by atomic mass is 10.1. The van der Waals surface area contributed by atoms with Crippen molar-refractivity contribution in [3.05, 3.63) is 0 Å². The second-order valence-corrected chi connectivity index (χ2v) is 9.86. The average Bonchev–Trinajstić information content (AvgIpc) is 2.13. The van der Waals surface area contributed by atoms with Crippen LogP contribution in [0.15, 0.2) is 0 Å². The summed E-state index contributed by atoms with van der Waals surface area (Å²) >= 11 is 0. The van der Waals surface area contributed by atoms with Gasteiger partial charge in [0, 0.05) is 5.66 Å². The predicted molar refractivity (Wildman–Crippen MR) is 73.6 cm³/mol. The summed E-state index contributed by atoms with van der Waals surface area (Å²) < 4.78 is 17.3. The number of alkyl carbamates (subject to hydrolysis) is 1. The molecule has 0 bridgehead atoms. The van der Waals surface area contributed by atoms with Gasteiger partial charge < -0.3 is 14.6 Å². The number of ether oxygens (including phenoxy) is 1. The van der Waals surface area contributed by atoms with Crippen molar-refractivity contribution in [2.24, 2.45) is 0 Å². The number of hydrogen-bond donors (Lipinski definition) is 2. The van der Waals surface area contributed by atoms with Crippen molar-refractivity contribution in [3.63, 3.8) is 0 Å². The molecule has 1 heterocycles. The SMILES string of the molecule is CC(C)(C)OC(=O)NC1CC(P(C)(C)=O)CCN1. The Morgan fingerprint density at radius 2 is 2.00 bits per heavy atom. The van der Waals surface area contributed by atoms with Gasteiger partial charge in [0.05, 0.1) is 13.3 Å². The van der Waals surface area contributed by atoms with Crippen LogP contribution in [0.3, 0.4) is 0 Å². The molecule has 0 aromatic carbocycles. The summed E-state index contributed by atoms with van der Waals surface area (Å²) in [6.07, 6.45) is 1.02. The van der Waals surface area contributed by atoms with Crippen LogP contribution in [0, 0.1) is 0 Å². The predicted octanol–water partition coefficient (Wildman–Crippen LogP) is 2.21. The van der Waals surface area contributed by atoms with Gasteiger partial charge in [0.15, 0.2) is 0 Å². The van der Waals surface area contributed by atoms with Crippen LogP contribution in [0.1, 0.15) is 33.6 Å². The van der Waals surface area contributed by atoms with E-state index in [1.54, 1.807) is 0 Å². The smallest absolute Gasteiger partial charge is 0.408 e. The molecular weight excluding hydrogens is 251 g/mol. The van der Waals surface area contributed by atoms with E-state index in [1.807, 2.05) is 34.1 Å². The summed E-state index contributed by atoms with van der Waals surface area (Å²) in [5.41, 5.74) is -0.318. The van der Waals surface area contributed by atoms with Gasteiger partial charge in [0.1, 0.15) is 5.60 Å². The number of piperidine rings is 1. The van der Waals surface area contributed by atoms with E-state index in [0.717, 1.165) is 13.0 Å². The Morgan fingerprint density at radius 1 is 1.39 bits per heavy atom. The second kappa shape index (κ2) is 5.62. The highest BCUT2D eigenvalue weighted by Crippen LogP contribution is 2.46. The zero-order chi connectivity index (χ0) is 14.0. The zero-order valence-electron chi connectivity index (χ0n) is 11.9. The van der Waals surface area contributed by atoms with Gasteiger partial charge in [0.25, 0.3) is 0 Å². The van der Waals surface area contributed by atoms with Gasteiger partial charge in [-0.3, -0.25) is 5.32 Å². The van der Waals surface area contributed by atoms with Crippen LogP contribution < -0.4 is 10.6 Å². The van der Waals surface area contributed by atoms with E-state index in [2.05, 4.69) is 10.6 Å². The van der Waals surface area contributed by atoms with Crippen molar-refractivity contribution in [1.82, 2.24) is 10.6 Å². The van der Waals surface area contributed by atoms with Gasteiger partial charge in [-0.25, -0.2) is 4.79 Å². The summed E-state index contributed by atoms with van der Waals surface area (Å²) in [4.78, 5) is 11.6. The number of carbonyl (C=O) groups is 1. The topological polar surface area (TPSA) is 67.4 Å². The highest BCUT2D eigenvalue weighted by molar-refractivity contribution is 7.63. The van der Waals surface area contributed by atoms with E-state index < -0.39 is 18.8 Å². The highest BCUT2D eigenvalue weighted by atomic mass is 31.2. The van der Waals surface area contributed by atoms with Crippen molar-refractivity contribution in [3.8, 4) is 0 Å². The Hall–Kier alpha value is -0.540. The molecule has 0 aliphatic carbocycles.